The van der Waals surface area contributed by atoms with Crippen LogP contribution in [0.4, 0.5) is 0 Å². The molecule has 0 aliphatic heterocycles. The number of nitrogens with one attached hydrogen (secondary N) is 1. The van der Waals surface area contributed by atoms with Crippen LogP contribution in [-0.2, 0) is 0 Å². The van der Waals surface area contributed by atoms with Crippen molar-refractivity contribution in [2.24, 2.45) is 0 Å². The minimum atomic E-state index is 0.178. The van der Waals surface area contributed by atoms with E-state index in [4.69, 9.17) is 0 Å². The van der Waals surface area contributed by atoms with Crippen LogP contribution in [0.2, 0.25) is 0 Å². The molecular formula is C17H19N3S. The van der Waals surface area contributed by atoms with Gasteiger partial charge in [0.25, 0.3) is 0 Å². The highest BCUT2D eigenvalue weighted by molar-refractivity contribution is 7.10. The van der Waals surface area contributed by atoms with E-state index in [0.717, 1.165) is 12.2 Å². The fourth-order valence-electron chi connectivity index (χ4n) is 2.53. The van der Waals surface area contributed by atoms with Crippen molar-refractivity contribution in [2.45, 2.75) is 19.9 Å². The summed E-state index contributed by atoms with van der Waals surface area (Å²) in [6, 6.07) is 14.7. The van der Waals surface area contributed by atoms with Gasteiger partial charge in [-0.1, -0.05) is 25.1 Å². The van der Waals surface area contributed by atoms with Crippen molar-refractivity contribution in [3.05, 3.63) is 70.2 Å². The number of para-hydroxylation sites is 1. The largest absolute Gasteiger partial charge is 0.305 e. The second-order valence-corrected chi connectivity index (χ2v) is 5.91. The van der Waals surface area contributed by atoms with E-state index in [1.807, 2.05) is 29.1 Å². The van der Waals surface area contributed by atoms with Gasteiger partial charge in [-0.2, -0.15) is 5.10 Å². The third-order valence-electron chi connectivity index (χ3n) is 3.54. The molecule has 0 amide bonds. The second-order valence-electron chi connectivity index (χ2n) is 4.96. The van der Waals surface area contributed by atoms with Crippen LogP contribution in [0.15, 0.2) is 54.0 Å². The summed E-state index contributed by atoms with van der Waals surface area (Å²) in [5, 5.41) is 10.2. The van der Waals surface area contributed by atoms with Crippen molar-refractivity contribution >= 4 is 11.3 Å². The van der Waals surface area contributed by atoms with E-state index in [1.165, 1.54) is 16.1 Å². The van der Waals surface area contributed by atoms with Gasteiger partial charge in [-0.05, 0) is 48.7 Å². The zero-order chi connectivity index (χ0) is 14.7. The van der Waals surface area contributed by atoms with Crippen LogP contribution in [0.1, 0.15) is 29.1 Å². The Bertz CT molecular complexity index is 700. The maximum atomic E-state index is 4.51. The van der Waals surface area contributed by atoms with Crippen molar-refractivity contribution in [1.29, 1.82) is 0 Å². The molecule has 1 atom stereocenters. The van der Waals surface area contributed by atoms with Crippen LogP contribution < -0.4 is 5.32 Å². The molecule has 0 saturated heterocycles. The first-order valence-electron chi connectivity index (χ1n) is 7.18. The van der Waals surface area contributed by atoms with Crippen LogP contribution in [0.25, 0.3) is 5.69 Å². The van der Waals surface area contributed by atoms with E-state index in [1.54, 1.807) is 11.3 Å². The zero-order valence-corrected chi connectivity index (χ0v) is 13.1. The average Bonchev–Trinajstić information content (AvgIpc) is 3.15. The quantitative estimate of drug-likeness (QED) is 0.773. The standard InChI is InChI=1S/C17H19N3S/c1-3-18-16(17-13(2)10-12-21-17)15-9-11-19-20(15)14-7-5-4-6-8-14/h4-12,16,18H,3H2,1-2H3. The van der Waals surface area contributed by atoms with Crippen LogP contribution >= 0.6 is 11.3 Å². The molecule has 1 unspecified atom stereocenters. The Kier molecular flexibility index (Phi) is 4.18. The van der Waals surface area contributed by atoms with Gasteiger partial charge in [-0.25, -0.2) is 4.68 Å². The Balaban J connectivity index is 2.06. The Morgan fingerprint density at radius 3 is 2.67 bits per heavy atom. The Morgan fingerprint density at radius 1 is 1.19 bits per heavy atom. The van der Waals surface area contributed by atoms with E-state index >= 15 is 0 Å². The molecule has 2 heterocycles. The van der Waals surface area contributed by atoms with Crippen molar-refractivity contribution in [1.82, 2.24) is 15.1 Å². The Morgan fingerprint density at radius 2 is 2.00 bits per heavy atom. The van der Waals surface area contributed by atoms with Crippen molar-refractivity contribution in [3.8, 4) is 5.69 Å². The molecule has 3 aromatic rings. The number of aryl methyl sites for hydroxylation is 1. The lowest BCUT2D eigenvalue weighted by molar-refractivity contribution is 0.599. The number of thiophene rings is 1. The van der Waals surface area contributed by atoms with E-state index < -0.39 is 0 Å². The van der Waals surface area contributed by atoms with Gasteiger partial charge in [0.1, 0.15) is 0 Å². The summed E-state index contributed by atoms with van der Waals surface area (Å²) in [7, 11) is 0. The third kappa shape index (κ3) is 2.77. The van der Waals surface area contributed by atoms with Gasteiger partial charge in [-0.3, -0.25) is 0 Å². The average molecular weight is 297 g/mol. The molecular weight excluding hydrogens is 278 g/mol. The van der Waals surface area contributed by atoms with Gasteiger partial charge < -0.3 is 5.32 Å². The first kappa shape index (κ1) is 14.0. The monoisotopic (exact) mass is 297 g/mol. The highest BCUT2D eigenvalue weighted by atomic mass is 32.1. The SMILES string of the molecule is CCNC(c1sccc1C)c1ccnn1-c1ccccc1. The summed E-state index contributed by atoms with van der Waals surface area (Å²) < 4.78 is 2.02. The van der Waals surface area contributed by atoms with Crippen molar-refractivity contribution in [2.75, 3.05) is 6.54 Å². The number of benzene rings is 1. The minimum absolute atomic E-state index is 0.178. The predicted molar refractivity (Wildman–Crippen MR) is 88.1 cm³/mol. The fourth-order valence-corrected chi connectivity index (χ4v) is 3.55. The molecule has 108 valence electrons. The summed E-state index contributed by atoms with van der Waals surface area (Å²) in [5.74, 6) is 0. The molecule has 0 fully saturated rings. The highest BCUT2D eigenvalue weighted by Gasteiger charge is 2.20. The highest BCUT2D eigenvalue weighted by Crippen LogP contribution is 2.30. The first-order chi connectivity index (χ1) is 10.3. The summed E-state index contributed by atoms with van der Waals surface area (Å²) in [6.45, 7) is 5.22. The van der Waals surface area contributed by atoms with Gasteiger partial charge >= 0.3 is 0 Å². The smallest absolute Gasteiger partial charge is 0.0849 e. The van der Waals surface area contributed by atoms with Crippen molar-refractivity contribution in [3.63, 3.8) is 0 Å². The van der Waals surface area contributed by atoms with Crippen LogP contribution in [-0.4, -0.2) is 16.3 Å². The molecule has 0 radical (unpaired) electrons. The molecule has 3 nitrogen and oxygen atoms in total. The number of hydrogen-bond acceptors (Lipinski definition) is 3. The van der Waals surface area contributed by atoms with E-state index in [9.17, 15) is 0 Å². The molecule has 0 bridgehead atoms. The van der Waals surface area contributed by atoms with E-state index in [0.29, 0.717) is 0 Å². The molecule has 0 aliphatic carbocycles. The van der Waals surface area contributed by atoms with E-state index in [2.05, 4.69) is 53.9 Å². The molecule has 0 saturated carbocycles. The van der Waals surface area contributed by atoms with Gasteiger partial charge in [0.2, 0.25) is 0 Å². The van der Waals surface area contributed by atoms with E-state index in [-0.39, 0.29) is 6.04 Å². The topological polar surface area (TPSA) is 29.9 Å². The lowest BCUT2D eigenvalue weighted by Crippen LogP contribution is -2.24. The number of nitrogens with zero attached hydrogens (tertiary/aromatic N) is 2. The summed E-state index contributed by atoms with van der Waals surface area (Å²) in [4.78, 5) is 1.36. The predicted octanol–water partition coefficient (Wildman–Crippen LogP) is 3.94. The maximum absolute atomic E-state index is 4.51. The number of aromatic nitrogens is 2. The molecule has 0 aliphatic rings. The fraction of sp³-hybridized carbons (Fsp3) is 0.235. The number of hydrogen-bond donors (Lipinski definition) is 1. The summed E-state index contributed by atoms with van der Waals surface area (Å²) in [5.41, 5.74) is 3.59. The normalized spacial score (nSPS) is 12.5. The Labute approximate surface area is 129 Å². The first-order valence-corrected chi connectivity index (χ1v) is 8.06. The van der Waals surface area contributed by atoms with Crippen molar-refractivity contribution < 1.29 is 0 Å². The van der Waals surface area contributed by atoms with Crippen LogP contribution in [0, 0.1) is 6.92 Å². The lowest BCUT2D eigenvalue weighted by Gasteiger charge is -2.19. The second kappa shape index (κ2) is 6.24. The number of rotatable bonds is 5. The summed E-state index contributed by atoms with van der Waals surface area (Å²) >= 11 is 1.80. The molecule has 1 N–H and O–H groups in total. The third-order valence-corrected chi connectivity index (χ3v) is 4.62. The molecule has 0 spiro atoms. The molecule has 2 aromatic heterocycles. The van der Waals surface area contributed by atoms with Gasteiger partial charge in [0.15, 0.2) is 0 Å². The van der Waals surface area contributed by atoms with Crippen LogP contribution in [0.5, 0.6) is 0 Å². The molecule has 21 heavy (non-hydrogen) atoms. The Hall–Kier alpha value is -1.91. The molecule has 4 heteroatoms. The van der Waals surface area contributed by atoms with Gasteiger partial charge in [0.05, 0.1) is 17.4 Å². The van der Waals surface area contributed by atoms with Gasteiger partial charge in [-0.15, -0.1) is 11.3 Å². The minimum Gasteiger partial charge on any atom is -0.305 e. The van der Waals surface area contributed by atoms with Crippen LogP contribution in [0.3, 0.4) is 0 Å². The lowest BCUT2D eigenvalue weighted by atomic mass is 10.1. The maximum Gasteiger partial charge on any atom is 0.0849 e. The van der Waals surface area contributed by atoms with Gasteiger partial charge in [0, 0.05) is 11.1 Å². The zero-order valence-electron chi connectivity index (χ0n) is 12.3. The molecule has 1 aromatic carbocycles. The summed E-state index contributed by atoms with van der Waals surface area (Å²) in [6.07, 6.45) is 1.87. The molecule has 3 rings (SSSR count).